The number of aromatic nitrogens is 3. The van der Waals surface area contributed by atoms with Crippen molar-refractivity contribution in [1.29, 1.82) is 0 Å². The lowest BCUT2D eigenvalue weighted by atomic mass is 10.2. The highest BCUT2D eigenvalue weighted by Crippen LogP contribution is 2.28. The molecule has 0 saturated heterocycles. The first-order chi connectivity index (χ1) is 9.24. The topological polar surface area (TPSA) is 72.0 Å². The van der Waals surface area contributed by atoms with Gasteiger partial charge in [0, 0.05) is 16.8 Å². The summed E-state index contributed by atoms with van der Waals surface area (Å²) in [6, 6.07) is 8.69. The van der Waals surface area contributed by atoms with Crippen molar-refractivity contribution in [3.63, 3.8) is 0 Å². The quantitative estimate of drug-likeness (QED) is 0.776. The first kappa shape index (κ1) is 11.7. The molecule has 0 amide bonds. The van der Waals surface area contributed by atoms with E-state index in [-0.39, 0.29) is 11.6 Å². The molecule has 0 aliphatic carbocycles. The molecule has 3 aromatic rings. The van der Waals surface area contributed by atoms with Gasteiger partial charge in [0.1, 0.15) is 5.75 Å². The molecule has 0 bridgehead atoms. The summed E-state index contributed by atoms with van der Waals surface area (Å²) in [5.41, 5.74) is 1.23. The molecule has 0 saturated carbocycles. The van der Waals surface area contributed by atoms with E-state index in [4.69, 9.17) is 16.1 Å². The van der Waals surface area contributed by atoms with Crippen molar-refractivity contribution in [3.05, 3.63) is 47.7 Å². The molecule has 0 spiro atoms. The maximum atomic E-state index is 9.67. The summed E-state index contributed by atoms with van der Waals surface area (Å²) in [6.45, 7) is 0. The molecule has 19 heavy (non-hydrogen) atoms. The van der Waals surface area contributed by atoms with Crippen LogP contribution in [0.15, 0.2) is 47.2 Å². The van der Waals surface area contributed by atoms with Crippen molar-refractivity contribution in [1.82, 2.24) is 15.1 Å². The predicted octanol–water partition coefficient (Wildman–Crippen LogP) is 3.16. The zero-order chi connectivity index (χ0) is 13.2. The van der Waals surface area contributed by atoms with Crippen LogP contribution in [0.3, 0.4) is 0 Å². The second-order valence-electron chi connectivity index (χ2n) is 3.82. The van der Waals surface area contributed by atoms with Gasteiger partial charge in [0.2, 0.25) is 5.82 Å². The second-order valence-corrected chi connectivity index (χ2v) is 4.26. The third-order valence-electron chi connectivity index (χ3n) is 2.56. The summed E-state index contributed by atoms with van der Waals surface area (Å²) in [5.74, 6) is 0.668. The number of nitrogens with zero attached hydrogens (tertiary/aromatic N) is 3. The van der Waals surface area contributed by atoms with Crippen molar-refractivity contribution in [2.75, 3.05) is 0 Å². The van der Waals surface area contributed by atoms with Crippen LogP contribution in [0.2, 0.25) is 5.02 Å². The van der Waals surface area contributed by atoms with E-state index in [0.717, 1.165) is 5.56 Å². The predicted molar refractivity (Wildman–Crippen MR) is 69.6 cm³/mol. The number of aromatic hydroxyl groups is 1. The minimum absolute atomic E-state index is 0.00574. The van der Waals surface area contributed by atoms with Gasteiger partial charge in [0.05, 0.1) is 11.8 Å². The Balaban J connectivity index is 2.00. The van der Waals surface area contributed by atoms with Crippen LogP contribution in [-0.4, -0.2) is 20.2 Å². The van der Waals surface area contributed by atoms with Gasteiger partial charge < -0.3 is 9.63 Å². The Labute approximate surface area is 113 Å². The number of rotatable bonds is 2. The van der Waals surface area contributed by atoms with Crippen molar-refractivity contribution >= 4 is 11.6 Å². The standard InChI is InChI=1S/C13H8ClN3O2/c14-9-3-1-8(2-4-9)12-16-13(19-17-12)10-5-6-15-7-11(10)18/h1-7,18H. The normalized spacial score (nSPS) is 10.6. The Bertz CT molecular complexity index is 710. The molecule has 3 rings (SSSR count). The Kier molecular flexibility index (Phi) is 2.89. The second kappa shape index (κ2) is 4.70. The number of halogens is 1. The molecule has 0 fully saturated rings. The molecule has 0 radical (unpaired) electrons. The summed E-state index contributed by atoms with van der Waals surface area (Å²) in [5, 5.41) is 14.2. The number of hydrogen-bond acceptors (Lipinski definition) is 5. The fourth-order valence-corrected chi connectivity index (χ4v) is 1.74. The van der Waals surface area contributed by atoms with Gasteiger partial charge in [0.25, 0.3) is 5.89 Å². The van der Waals surface area contributed by atoms with E-state index in [9.17, 15) is 5.11 Å². The van der Waals surface area contributed by atoms with E-state index in [1.807, 2.05) is 0 Å². The van der Waals surface area contributed by atoms with E-state index in [0.29, 0.717) is 16.4 Å². The van der Waals surface area contributed by atoms with Crippen LogP contribution < -0.4 is 0 Å². The molecular formula is C13H8ClN3O2. The SMILES string of the molecule is Oc1cnccc1-c1nc(-c2ccc(Cl)cc2)no1. The van der Waals surface area contributed by atoms with Crippen molar-refractivity contribution < 1.29 is 9.63 Å². The van der Waals surface area contributed by atoms with Gasteiger partial charge in [0.15, 0.2) is 0 Å². The van der Waals surface area contributed by atoms with Crippen LogP contribution >= 0.6 is 11.6 Å². The minimum Gasteiger partial charge on any atom is -0.505 e. The average molecular weight is 274 g/mol. The molecule has 1 N–H and O–H groups in total. The maximum absolute atomic E-state index is 9.67. The van der Waals surface area contributed by atoms with Gasteiger partial charge in [-0.05, 0) is 30.3 Å². The third-order valence-corrected chi connectivity index (χ3v) is 2.81. The van der Waals surface area contributed by atoms with E-state index in [1.165, 1.54) is 6.20 Å². The highest BCUT2D eigenvalue weighted by atomic mass is 35.5. The third kappa shape index (κ3) is 2.28. The van der Waals surface area contributed by atoms with Crippen LogP contribution in [0.4, 0.5) is 0 Å². The van der Waals surface area contributed by atoms with E-state index in [2.05, 4.69) is 15.1 Å². The highest BCUT2D eigenvalue weighted by molar-refractivity contribution is 6.30. The van der Waals surface area contributed by atoms with Gasteiger partial charge in [-0.3, -0.25) is 4.98 Å². The fraction of sp³-hybridized carbons (Fsp3) is 0. The molecule has 2 heterocycles. The minimum atomic E-state index is -0.00574. The molecule has 0 aliphatic rings. The van der Waals surface area contributed by atoms with Crippen LogP contribution in [0, 0.1) is 0 Å². The monoisotopic (exact) mass is 273 g/mol. The van der Waals surface area contributed by atoms with Crippen molar-refractivity contribution in [2.24, 2.45) is 0 Å². The maximum Gasteiger partial charge on any atom is 0.262 e. The Morgan fingerprint density at radius 1 is 1.11 bits per heavy atom. The Morgan fingerprint density at radius 2 is 1.89 bits per heavy atom. The molecule has 2 aromatic heterocycles. The molecule has 6 heteroatoms. The van der Waals surface area contributed by atoms with Crippen LogP contribution in [0.1, 0.15) is 0 Å². The summed E-state index contributed by atoms with van der Waals surface area (Å²) < 4.78 is 5.13. The average Bonchev–Trinajstić information content (AvgIpc) is 2.89. The lowest BCUT2D eigenvalue weighted by Gasteiger charge is -1.96. The fourth-order valence-electron chi connectivity index (χ4n) is 1.62. The van der Waals surface area contributed by atoms with Crippen LogP contribution in [0.5, 0.6) is 5.75 Å². The number of benzene rings is 1. The molecule has 94 valence electrons. The molecule has 1 aromatic carbocycles. The lowest BCUT2D eigenvalue weighted by molar-refractivity contribution is 0.425. The zero-order valence-electron chi connectivity index (χ0n) is 9.62. The van der Waals surface area contributed by atoms with E-state index < -0.39 is 0 Å². The first-order valence-corrected chi connectivity index (χ1v) is 5.85. The Morgan fingerprint density at radius 3 is 2.63 bits per heavy atom. The van der Waals surface area contributed by atoms with Gasteiger partial charge in [-0.25, -0.2) is 0 Å². The van der Waals surface area contributed by atoms with Gasteiger partial charge in [-0.2, -0.15) is 4.98 Å². The summed E-state index contributed by atoms with van der Waals surface area (Å²) in [6.07, 6.45) is 2.86. The van der Waals surface area contributed by atoms with E-state index >= 15 is 0 Å². The summed E-state index contributed by atoms with van der Waals surface area (Å²) >= 11 is 5.82. The summed E-state index contributed by atoms with van der Waals surface area (Å²) in [7, 11) is 0. The van der Waals surface area contributed by atoms with Gasteiger partial charge in [-0.1, -0.05) is 16.8 Å². The molecule has 5 nitrogen and oxygen atoms in total. The zero-order valence-corrected chi connectivity index (χ0v) is 10.4. The molecule has 0 unspecified atom stereocenters. The van der Waals surface area contributed by atoms with Crippen molar-refractivity contribution in [3.8, 4) is 28.6 Å². The largest absolute Gasteiger partial charge is 0.505 e. The van der Waals surface area contributed by atoms with Crippen LogP contribution in [0.25, 0.3) is 22.8 Å². The molecular weight excluding hydrogens is 266 g/mol. The highest BCUT2D eigenvalue weighted by Gasteiger charge is 2.13. The molecule has 0 atom stereocenters. The van der Waals surface area contributed by atoms with Crippen molar-refractivity contribution in [2.45, 2.75) is 0 Å². The summed E-state index contributed by atoms with van der Waals surface area (Å²) in [4.78, 5) is 8.02. The molecule has 0 aliphatic heterocycles. The number of pyridine rings is 1. The van der Waals surface area contributed by atoms with Gasteiger partial charge in [-0.15, -0.1) is 0 Å². The number of hydrogen-bond donors (Lipinski definition) is 1. The first-order valence-electron chi connectivity index (χ1n) is 5.47. The smallest absolute Gasteiger partial charge is 0.262 e. The van der Waals surface area contributed by atoms with E-state index in [1.54, 1.807) is 36.5 Å². The lowest BCUT2D eigenvalue weighted by Crippen LogP contribution is -1.82. The Hall–Kier alpha value is -2.40. The van der Waals surface area contributed by atoms with Gasteiger partial charge >= 0.3 is 0 Å². The van der Waals surface area contributed by atoms with Crippen LogP contribution in [-0.2, 0) is 0 Å².